The molecule has 1 atom stereocenters. The molecule has 0 aromatic heterocycles. The van der Waals surface area contributed by atoms with E-state index in [0.29, 0.717) is 0 Å². The molecular formula is C21H25F2N3O2. The molecule has 0 unspecified atom stereocenters. The molecule has 1 saturated heterocycles. The molecule has 5 nitrogen and oxygen atoms in total. The normalized spacial score (nSPS) is 15.9. The van der Waals surface area contributed by atoms with Gasteiger partial charge in [0.05, 0.1) is 25.4 Å². The van der Waals surface area contributed by atoms with Gasteiger partial charge in [-0.3, -0.25) is 9.69 Å². The van der Waals surface area contributed by atoms with Gasteiger partial charge in [-0.25, -0.2) is 8.78 Å². The van der Waals surface area contributed by atoms with Crippen LogP contribution in [0.4, 0.5) is 14.5 Å². The lowest BCUT2D eigenvalue weighted by Gasteiger charge is -2.36. The van der Waals surface area contributed by atoms with Crippen molar-refractivity contribution in [3.8, 4) is 5.75 Å². The van der Waals surface area contributed by atoms with Gasteiger partial charge in [0.1, 0.15) is 17.4 Å². The molecule has 1 aliphatic rings. The Morgan fingerprint density at radius 1 is 1.14 bits per heavy atom. The first-order valence-electron chi connectivity index (χ1n) is 9.32. The van der Waals surface area contributed by atoms with E-state index < -0.39 is 17.7 Å². The number of nitrogens with zero attached hydrogens (tertiary/aromatic N) is 2. The predicted molar refractivity (Wildman–Crippen MR) is 105 cm³/mol. The van der Waals surface area contributed by atoms with Crippen LogP contribution in [0.25, 0.3) is 0 Å². The minimum absolute atomic E-state index is 0.179. The Morgan fingerprint density at radius 3 is 2.54 bits per heavy atom. The number of carbonyl (C=O) groups is 1. The van der Waals surface area contributed by atoms with Crippen LogP contribution in [0, 0.1) is 11.6 Å². The fourth-order valence-electron chi connectivity index (χ4n) is 3.46. The van der Waals surface area contributed by atoms with E-state index in [1.54, 1.807) is 14.0 Å². The fraction of sp³-hybridized carbons (Fsp3) is 0.381. The Labute approximate surface area is 163 Å². The van der Waals surface area contributed by atoms with Crippen molar-refractivity contribution in [1.82, 2.24) is 10.2 Å². The number of carbonyl (C=O) groups excluding carboxylic acids is 1. The van der Waals surface area contributed by atoms with Gasteiger partial charge in [-0.15, -0.1) is 0 Å². The molecule has 1 aliphatic heterocycles. The van der Waals surface area contributed by atoms with Gasteiger partial charge in [0.15, 0.2) is 0 Å². The molecular weight excluding hydrogens is 364 g/mol. The topological polar surface area (TPSA) is 44.8 Å². The zero-order chi connectivity index (χ0) is 20.1. The molecule has 1 fully saturated rings. The number of anilines is 1. The Bertz CT molecular complexity index is 823. The molecule has 0 saturated carbocycles. The number of rotatable bonds is 6. The van der Waals surface area contributed by atoms with Crippen molar-refractivity contribution in [2.75, 3.05) is 44.7 Å². The zero-order valence-corrected chi connectivity index (χ0v) is 16.1. The minimum Gasteiger partial charge on any atom is -0.495 e. The molecule has 28 heavy (non-hydrogen) atoms. The van der Waals surface area contributed by atoms with Crippen molar-refractivity contribution in [2.24, 2.45) is 0 Å². The first-order valence-corrected chi connectivity index (χ1v) is 9.32. The number of piperazine rings is 1. The quantitative estimate of drug-likeness (QED) is 0.825. The van der Waals surface area contributed by atoms with Crippen LogP contribution in [-0.4, -0.2) is 50.6 Å². The number of para-hydroxylation sites is 2. The number of ether oxygens (including phenoxy) is 1. The summed E-state index contributed by atoms with van der Waals surface area (Å²) in [5.41, 5.74) is 1.32. The predicted octanol–water partition coefficient (Wildman–Crippen LogP) is 2.97. The van der Waals surface area contributed by atoms with Gasteiger partial charge in [0.25, 0.3) is 0 Å². The summed E-state index contributed by atoms with van der Waals surface area (Å²) >= 11 is 0. The lowest BCUT2D eigenvalue weighted by Crippen LogP contribution is -2.49. The lowest BCUT2D eigenvalue weighted by molar-refractivity contribution is -0.123. The molecule has 150 valence electrons. The highest BCUT2D eigenvalue weighted by Crippen LogP contribution is 2.28. The van der Waals surface area contributed by atoms with Crippen LogP contribution < -0.4 is 15.0 Å². The summed E-state index contributed by atoms with van der Waals surface area (Å²) in [7, 11) is 1.66. The molecule has 0 bridgehead atoms. The van der Waals surface area contributed by atoms with Crippen molar-refractivity contribution >= 4 is 11.6 Å². The van der Waals surface area contributed by atoms with Gasteiger partial charge in [-0.2, -0.15) is 0 Å². The number of hydrogen-bond acceptors (Lipinski definition) is 4. The molecule has 2 aromatic rings. The average molecular weight is 389 g/mol. The monoisotopic (exact) mass is 389 g/mol. The summed E-state index contributed by atoms with van der Waals surface area (Å²) in [4.78, 5) is 16.6. The van der Waals surface area contributed by atoms with E-state index in [-0.39, 0.29) is 18.0 Å². The van der Waals surface area contributed by atoms with Gasteiger partial charge in [-0.05, 0) is 25.1 Å². The van der Waals surface area contributed by atoms with Crippen molar-refractivity contribution in [1.29, 1.82) is 0 Å². The maximum absolute atomic E-state index is 13.9. The van der Waals surface area contributed by atoms with E-state index in [9.17, 15) is 13.6 Å². The van der Waals surface area contributed by atoms with E-state index in [2.05, 4.69) is 15.1 Å². The SMILES string of the molecule is COc1ccccc1N1CCN(CC(=O)N[C@@H](C)c2ccc(F)cc2F)CC1. The number of benzene rings is 2. The summed E-state index contributed by atoms with van der Waals surface area (Å²) in [6, 6.07) is 10.7. The Morgan fingerprint density at radius 2 is 1.86 bits per heavy atom. The molecule has 0 spiro atoms. The molecule has 1 heterocycles. The van der Waals surface area contributed by atoms with Gasteiger partial charge in [0.2, 0.25) is 5.91 Å². The van der Waals surface area contributed by atoms with Crippen molar-refractivity contribution in [3.63, 3.8) is 0 Å². The maximum atomic E-state index is 13.9. The smallest absolute Gasteiger partial charge is 0.234 e. The summed E-state index contributed by atoms with van der Waals surface area (Å²) in [5, 5.41) is 2.79. The van der Waals surface area contributed by atoms with E-state index in [4.69, 9.17) is 4.74 Å². The molecule has 0 aliphatic carbocycles. The van der Waals surface area contributed by atoms with Gasteiger partial charge < -0.3 is 15.0 Å². The van der Waals surface area contributed by atoms with Crippen LogP contribution in [-0.2, 0) is 4.79 Å². The van der Waals surface area contributed by atoms with E-state index in [0.717, 1.165) is 43.7 Å². The van der Waals surface area contributed by atoms with Crippen LogP contribution in [0.3, 0.4) is 0 Å². The fourth-order valence-corrected chi connectivity index (χ4v) is 3.46. The molecule has 2 aromatic carbocycles. The highest BCUT2D eigenvalue weighted by atomic mass is 19.1. The van der Waals surface area contributed by atoms with Crippen LogP contribution in [0.2, 0.25) is 0 Å². The first-order chi connectivity index (χ1) is 13.5. The second-order valence-corrected chi connectivity index (χ2v) is 6.89. The van der Waals surface area contributed by atoms with Gasteiger partial charge in [0, 0.05) is 37.8 Å². The summed E-state index contributed by atoms with van der Waals surface area (Å²) in [5.74, 6) is -0.628. The summed E-state index contributed by atoms with van der Waals surface area (Å²) in [6.07, 6.45) is 0. The Hall–Kier alpha value is -2.67. The lowest BCUT2D eigenvalue weighted by atomic mass is 10.1. The average Bonchev–Trinajstić information content (AvgIpc) is 2.68. The molecule has 3 rings (SSSR count). The summed E-state index contributed by atoms with van der Waals surface area (Å²) < 4.78 is 32.3. The number of hydrogen-bond donors (Lipinski definition) is 1. The van der Waals surface area contributed by atoms with E-state index >= 15 is 0 Å². The molecule has 7 heteroatoms. The molecule has 1 N–H and O–H groups in total. The van der Waals surface area contributed by atoms with Gasteiger partial charge in [-0.1, -0.05) is 18.2 Å². The van der Waals surface area contributed by atoms with Crippen LogP contribution in [0.15, 0.2) is 42.5 Å². The van der Waals surface area contributed by atoms with Gasteiger partial charge >= 0.3 is 0 Å². The van der Waals surface area contributed by atoms with Crippen LogP contribution in [0.1, 0.15) is 18.5 Å². The van der Waals surface area contributed by atoms with Crippen LogP contribution in [0.5, 0.6) is 5.75 Å². The zero-order valence-electron chi connectivity index (χ0n) is 16.1. The third kappa shape index (κ3) is 4.78. The van der Waals surface area contributed by atoms with Crippen molar-refractivity contribution in [2.45, 2.75) is 13.0 Å². The van der Waals surface area contributed by atoms with Crippen molar-refractivity contribution in [3.05, 3.63) is 59.7 Å². The number of methoxy groups -OCH3 is 1. The maximum Gasteiger partial charge on any atom is 0.234 e. The largest absolute Gasteiger partial charge is 0.495 e. The number of amides is 1. The molecule has 0 radical (unpaired) electrons. The highest BCUT2D eigenvalue weighted by molar-refractivity contribution is 5.78. The third-order valence-electron chi connectivity index (χ3n) is 4.97. The second kappa shape index (κ2) is 9.01. The molecule has 1 amide bonds. The Balaban J connectivity index is 1.51. The van der Waals surface area contributed by atoms with E-state index in [1.807, 2.05) is 24.3 Å². The number of halogens is 2. The highest BCUT2D eigenvalue weighted by Gasteiger charge is 2.22. The second-order valence-electron chi connectivity index (χ2n) is 6.89. The van der Waals surface area contributed by atoms with Crippen molar-refractivity contribution < 1.29 is 18.3 Å². The summed E-state index contributed by atoms with van der Waals surface area (Å²) in [6.45, 7) is 4.99. The minimum atomic E-state index is -0.654. The van der Waals surface area contributed by atoms with Crippen LogP contribution >= 0.6 is 0 Å². The number of nitrogens with one attached hydrogen (secondary N) is 1. The third-order valence-corrected chi connectivity index (χ3v) is 4.97. The first kappa shape index (κ1) is 20.1. The standard InChI is InChI=1S/C21H25F2N3O2/c1-15(17-8-7-16(22)13-18(17)23)24-21(27)14-25-9-11-26(12-10-25)19-5-3-4-6-20(19)28-2/h3-8,13,15H,9-12,14H2,1-2H3,(H,24,27)/t15-/m0/s1. The Kier molecular flexibility index (Phi) is 6.46. The van der Waals surface area contributed by atoms with E-state index in [1.165, 1.54) is 12.1 Å².